The Balaban J connectivity index is 1.66. The fourth-order valence-corrected chi connectivity index (χ4v) is 3.20. The molecule has 1 saturated heterocycles. The second-order valence-corrected chi connectivity index (χ2v) is 6.87. The summed E-state index contributed by atoms with van der Waals surface area (Å²) < 4.78 is 0. The van der Waals surface area contributed by atoms with Gasteiger partial charge in [0.2, 0.25) is 11.8 Å². The monoisotopic (exact) mass is 351 g/mol. The maximum absolute atomic E-state index is 12.5. The molecule has 1 unspecified atom stereocenters. The first-order chi connectivity index (χ1) is 12.4. The molecule has 2 aromatic carbocycles. The van der Waals surface area contributed by atoms with Gasteiger partial charge in [-0.25, -0.2) is 0 Å². The number of amides is 2. The van der Waals surface area contributed by atoms with Crippen LogP contribution in [0.2, 0.25) is 0 Å². The largest absolute Gasteiger partial charge is 0.374 e. The zero-order chi connectivity index (χ0) is 18.7. The lowest BCUT2D eigenvalue weighted by molar-refractivity contribution is -0.117. The van der Waals surface area contributed by atoms with Gasteiger partial charge in [0.05, 0.1) is 0 Å². The van der Waals surface area contributed by atoms with Crippen LogP contribution >= 0.6 is 0 Å². The van der Waals surface area contributed by atoms with Crippen molar-refractivity contribution >= 4 is 28.9 Å². The Morgan fingerprint density at radius 3 is 2.65 bits per heavy atom. The van der Waals surface area contributed by atoms with Crippen LogP contribution in [0.4, 0.5) is 17.1 Å². The molecule has 0 bridgehead atoms. The zero-order valence-electron chi connectivity index (χ0n) is 15.5. The van der Waals surface area contributed by atoms with E-state index in [0.29, 0.717) is 6.42 Å². The van der Waals surface area contributed by atoms with E-state index < -0.39 is 6.04 Å². The van der Waals surface area contributed by atoms with Crippen molar-refractivity contribution in [3.05, 3.63) is 53.6 Å². The van der Waals surface area contributed by atoms with Gasteiger partial charge in [-0.2, -0.15) is 0 Å². The highest BCUT2D eigenvalue weighted by molar-refractivity contribution is 5.97. The second-order valence-electron chi connectivity index (χ2n) is 6.87. The Bertz CT molecular complexity index is 832. The number of aryl methyl sites for hydroxylation is 2. The second kappa shape index (κ2) is 7.60. The summed E-state index contributed by atoms with van der Waals surface area (Å²) in [7, 11) is 0. The highest BCUT2D eigenvalue weighted by atomic mass is 16.2. The van der Waals surface area contributed by atoms with Crippen LogP contribution in [0.3, 0.4) is 0 Å². The Labute approximate surface area is 154 Å². The molecule has 3 rings (SSSR count). The molecule has 1 heterocycles. The van der Waals surface area contributed by atoms with E-state index in [1.807, 2.05) is 63.2 Å². The van der Waals surface area contributed by atoms with E-state index in [0.717, 1.165) is 35.6 Å². The molecule has 5 heteroatoms. The van der Waals surface area contributed by atoms with E-state index in [4.69, 9.17) is 0 Å². The Morgan fingerprint density at radius 2 is 1.96 bits per heavy atom. The molecular formula is C21H25N3O2. The minimum atomic E-state index is -0.403. The molecule has 1 atom stereocenters. The summed E-state index contributed by atoms with van der Waals surface area (Å²) in [6.07, 6.45) is 1.50. The zero-order valence-corrected chi connectivity index (χ0v) is 15.5. The van der Waals surface area contributed by atoms with E-state index >= 15 is 0 Å². The number of carbonyl (C=O) groups excluding carboxylic acids is 2. The number of hydrogen-bond acceptors (Lipinski definition) is 3. The highest BCUT2D eigenvalue weighted by Gasteiger charge is 2.22. The van der Waals surface area contributed by atoms with Gasteiger partial charge in [0, 0.05) is 30.0 Å². The molecule has 1 aliphatic heterocycles. The quantitative estimate of drug-likeness (QED) is 0.860. The fourth-order valence-electron chi connectivity index (χ4n) is 3.20. The van der Waals surface area contributed by atoms with Crippen LogP contribution in [-0.2, 0) is 9.59 Å². The van der Waals surface area contributed by atoms with Crippen LogP contribution in [-0.4, -0.2) is 24.4 Å². The van der Waals surface area contributed by atoms with Gasteiger partial charge in [-0.15, -0.1) is 0 Å². The first-order valence-electron chi connectivity index (χ1n) is 8.99. The first kappa shape index (κ1) is 18.0. The van der Waals surface area contributed by atoms with Gasteiger partial charge in [0.1, 0.15) is 6.04 Å². The van der Waals surface area contributed by atoms with E-state index in [1.54, 1.807) is 4.90 Å². The molecule has 2 amide bonds. The number of carbonyl (C=O) groups is 2. The number of benzene rings is 2. The van der Waals surface area contributed by atoms with Crippen molar-refractivity contribution in [1.82, 2.24) is 0 Å². The number of rotatable bonds is 5. The molecule has 2 N–H and O–H groups in total. The van der Waals surface area contributed by atoms with Crippen molar-refractivity contribution in [2.45, 2.75) is 39.7 Å². The third kappa shape index (κ3) is 4.04. The average Bonchev–Trinajstić information content (AvgIpc) is 3.03. The lowest BCUT2D eigenvalue weighted by Crippen LogP contribution is -2.32. The molecular weight excluding hydrogens is 326 g/mol. The summed E-state index contributed by atoms with van der Waals surface area (Å²) in [6.45, 7) is 6.59. The SMILES string of the molecule is Cc1ccc(NC(=O)C(C)Nc2cccc(N3CCCC3=O)c2)c(C)c1. The molecule has 0 aromatic heterocycles. The van der Waals surface area contributed by atoms with Crippen LogP contribution in [0, 0.1) is 13.8 Å². The minimum Gasteiger partial charge on any atom is -0.374 e. The molecule has 1 aliphatic rings. The third-order valence-corrected chi connectivity index (χ3v) is 4.65. The van der Waals surface area contributed by atoms with Crippen LogP contribution < -0.4 is 15.5 Å². The summed E-state index contributed by atoms with van der Waals surface area (Å²) in [5.41, 5.74) is 4.73. The van der Waals surface area contributed by atoms with Crippen LogP contribution in [0.25, 0.3) is 0 Å². The summed E-state index contributed by atoms with van der Waals surface area (Å²) in [6, 6.07) is 13.2. The first-order valence-corrected chi connectivity index (χ1v) is 8.99. The highest BCUT2D eigenvalue weighted by Crippen LogP contribution is 2.24. The summed E-state index contributed by atoms with van der Waals surface area (Å²) in [4.78, 5) is 26.2. The van der Waals surface area contributed by atoms with Crippen LogP contribution in [0.5, 0.6) is 0 Å². The van der Waals surface area contributed by atoms with Gasteiger partial charge in [-0.1, -0.05) is 23.8 Å². The van der Waals surface area contributed by atoms with E-state index in [9.17, 15) is 9.59 Å². The smallest absolute Gasteiger partial charge is 0.246 e. The lowest BCUT2D eigenvalue weighted by atomic mass is 10.1. The standard InChI is InChI=1S/C21H25N3O2/c1-14-9-10-19(15(2)12-14)23-21(26)16(3)22-17-6-4-7-18(13-17)24-11-5-8-20(24)25/h4,6-7,9-10,12-13,16,22H,5,8,11H2,1-3H3,(H,23,26). The van der Waals surface area contributed by atoms with E-state index in [2.05, 4.69) is 10.6 Å². The fraction of sp³-hybridized carbons (Fsp3) is 0.333. The van der Waals surface area contributed by atoms with Crippen molar-refractivity contribution in [2.75, 3.05) is 22.1 Å². The number of hydrogen-bond donors (Lipinski definition) is 2. The number of nitrogens with one attached hydrogen (secondary N) is 2. The van der Waals surface area contributed by atoms with Gasteiger partial charge in [0.25, 0.3) is 0 Å². The van der Waals surface area contributed by atoms with Gasteiger partial charge in [-0.05, 0) is 57.0 Å². The molecule has 5 nitrogen and oxygen atoms in total. The number of anilines is 3. The molecule has 0 aliphatic carbocycles. The maximum Gasteiger partial charge on any atom is 0.246 e. The lowest BCUT2D eigenvalue weighted by Gasteiger charge is -2.19. The van der Waals surface area contributed by atoms with E-state index in [1.165, 1.54) is 5.56 Å². The molecule has 1 fully saturated rings. The predicted molar refractivity (Wildman–Crippen MR) is 106 cm³/mol. The number of nitrogens with zero attached hydrogens (tertiary/aromatic N) is 1. The normalized spacial score (nSPS) is 15.0. The molecule has 0 radical (unpaired) electrons. The van der Waals surface area contributed by atoms with Gasteiger partial charge in [0.15, 0.2) is 0 Å². The van der Waals surface area contributed by atoms with Crippen molar-refractivity contribution in [1.29, 1.82) is 0 Å². The molecule has 0 spiro atoms. The summed E-state index contributed by atoms with van der Waals surface area (Å²) >= 11 is 0. The molecule has 0 saturated carbocycles. The van der Waals surface area contributed by atoms with Crippen LogP contribution in [0.15, 0.2) is 42.5 Å². The molecule has 26 heavy (non-hydrogen) atoms. The van der Waals surface area contributed by atoms with Gasteiger partial charge >= 0.3 is 0 Å². The molecule has 136 valence electrons. The topological polar surface area (TPSA) is 61.4 Å². The van der Waals surface area contributed by atoms with Crippen molar-refractivity contribution < 1.29 is 9.59 Å². The van der Waals surface area contributed by atoms with Crippen LogP contribution in [0.1, 0.15) is 30.9 Å². The average molecular weight is 351 g/mol. The Morgan fingerprint density at radius 1 is 1.15 bits per heavy atom. The minimum absolute atomic E-state index is 0.0976. The summed E-state index contributed by atoms with van der Waals surface area (Å²) in [5, 5.41) is 6.19. The van der Waals surface area contributed by atoms with Crippen molar-refractivity contribution in [3.63, 3.8) is 0 Å². The van der Waals surface area contributed by atoms with Crippen molar-refractivity contribution in [2.24, 2.45) is 0 Å². The Hall–Kier alpha value is -2.82. The van der Waals surface area contributed by atoms with Crippen molar-refractivity contribution in [3.8, 4) is 0 Å². The summed E-state index contributed by atoms with van der Waals surface area (Å²) in [5.74, 6) is 0.0578. The van der Waals surface area contributed by atoms with Gasteiger partial charge < -0.3 is 15.5 Å². The molecule has 2 aromatic rings. The predicted octanol–water partition coefficient (Wildman–Crippen LogP) is 3.87. The Kier molecular flexibility index (Phi) is 5.26. The van der Waals surface area contributed by atoms with Gasteiger partial charge in [-0.3, -0.25) is 9.59 Å². The third-order valence-electron chi connectivity index (χ3n) is 4.65. The maximum atomic E-state index is 12.5. The van der Waals surface area contributed by atoms with E-state index in [-0.39, 0.29) is 11.8 Å².